The van der Waals surface area contributed by atoms with E-state index in [0.29, 0.717) is 5.54 Å². The highest BCUT2D eigenvalue weighted by molar-refractivity contribution is 6.72. The molecule has 0 aromatic rings. The lowest BCUT2D eigenvalue weighted by Gasteiger charge is -2.49. The molecular formula is C14H30O2Si. The zero-order chi connectivity index (χ0) is 13.3. The molecule has 2 nitrogen and oxygen atoms in total. The predicted octanol–water partition coefficient (Wildman–Crippen LogP) is 4.49. The molecule has 1 saturated carbocycles. The van der Waals surface area contributed by atoms with Crippen LogP contribution in [0.3, 0.4) is 0 Å². The van der Waals surface area contributed by atoms with Crippen molar-refractivity contribution in [2.75, 3.05) is 13.7 Å². The van der Waals surface area contributed by atoms with E-state index in [1.165, 1.54) is 19.3 Å². The van der Waals surface area contributed by atoms with Crippen molar-refractivity contribution >= 4 is 8.56 Å². The van der Waals surface area contributed by atoms with Crippen molar-refractivity contribution in [1.82, 2.24) is 0 Å². The molecule has 17 heavy (non-hydrogen) atoms. The van der Waals surface area contributed by atoms with E-state index >= 15 is 0 Å². The fourth-order valence-electron chi connectivity index (χ4n) is 2.59. The minimum Gasteiger partial charge on any atom is -0.397 e. The fraction of sp³-hybridized carbons (Fsp3) is 1.00. The van der Waals surface area contributed by atoms with E-state index in [-0.39, 0.29) is 10.5 Å². The molecule has 0 aromatic carbocycles. The van der Waals surface area contributed by atoms with Crippen molar-refractivity contribution in [2.45, 2.75) is 71.4 Å². The topological polar surface area (TPSA) is 18.5 Å². The van der Waals surface area contributed by atoms with Crippen molar-refractivity contribution in [1.29, 1.82) is 0 Å². The largest absolute Gasteiger partial charge is 0.397 e. The van der Waals surface area contributed by atoms with Crippen LogP contribution in [-0.2, 0) is 8.85 Å². The molecule has 102 valence electrons. The second kappa shape index (κ2) is 5.02. The summed E-state index contributed by atoms with van der Waals surface area (Å²) in [6, 6.07) is 0. The van der Waals surface area contributed by atoms with Gasteiger partial charge in [-0.05, 0) is 18.3 Å². The number of hydrogen-bond donors (Lipinski definition) is 0. The number of rotatable bonds is 4. The second-order valence-electron chi connectivity index (χ2n) is 7.60. The maximum atomic E-state index is 6.43. The van der Waals surface area contributed by atoms with Gasteiger partial charge >= 0.3 is 8.56 Å². The molecule has 3 heteroatoms. The molecule has 0 bridgehead atoms. The highest BCUT2D eigenvalue weighted by Crippen LogP contribution is 2.53. The summed E-state index contributed by atoms with van der Waals surface area (Å²) in [5.74, 6) is 0. The van der Waals surface area contributed by atoms with Gasteiger partial charge in [0.05, 0.1) is 0 Å². The second-order valence-corrected chi connectivity index (χ2v) is 11.9. The van der Waals surface area contributed by atoms with Gasteiger partial charge in [-0.25, -0.2) is 0 Å². The predicted molar refractivity (Wildman–Crippen MR) is 75.5 cm³/mol. The Morgan fingerprint density at radius 3 is 1.82 bits per heavy atom. The summed E-state index contributed by atoms with van der Waals surface area (Å²) in [7, 11) is -0.238. The highest BCUT2D eigenvalue weighted by Gasteiger charge is 2.56. The van der Waals surface area contributed by atoms with Crippen LogP contribution in [-0.4, -0.2) is 22.3 Å². The van der Waals surface area contributed by atoms with E-state index in [9.17, 15) is 0 Å². The Morgan fingerprint density at radius 1 is 1.06 bits per heavy atom. The average molecular weight is 258 g/mol. The van der Waals surface area contributed by atoms with Crippen LogP contribution in [0.5, 0.6) is 0 Å². The Balaban J connectivity index is 2.84. The summed E-state index contributed by atoms with van der Waals surface area (Å²) in [5.41, 5.74) is 0.904. The summed E-state index contributed by atoms with van der Waals surface area (Å²) in [6.07, 6.45) is 3.93. The van der Waals surface area contributed by atoms with Gasteiger partial charge in [-0.15, -0.1) is 0 Å². The Labute approximate surface area is 108 Å². The van der Waals surface area contributed by atoms with Gasteiger partial charge in [0.15, 0.2) is 0 Å². The van der Waals surface area contributed by atoms with Crippen molar-refractivity contribution in [2.24, 2.45) is 5.41 Å². The molecule has 0 radical (unpaired) electrons. The average Bonchev–Trinajstić information content (AvgIpc) is 2.04. The van der Waals surface area contributed by atoms with Crippen LogP contribution in [0.2, 0.25) is 10.6 Å². The van der Waals surface area contributed by atoms with E-state index in [1.807, 2.05) is 7.11 Å². The SMILES string of the molecule is CO[Si](OCC(C)(C)C)(C1CCC1)C(C)(C)C. The van der Waals surface area contributed by atoms with Crippen LogP contribution in [0.25, 0.3) is 0 Å². The zero-order valence-electron chi connectivity index (χ0n) is 12.7. The van der Waals surface area contributed by atoms with E-state index in [0.717, 1.165) is 6.61 Å². The molecule has 0 aromatic heterocycles. The van der Waals surface area contributed by atoms with Gasteiger partial charge in [0.2, 0.25) is 0 Å². The summed E-state index contributed by atoms with van der Waals surface area (Å²) in [5, 5.41) is 0.151. The van der Waals surface area contributed by atoms with Crippen LogP contribution in [0.15, 0.2) is 0 Å². The third-order valence-corrected chi connectivity index (χ3v) is 8.63. The Bertz CT molecular complexity index is 248. The maximum absolute atomic E-state index is 6.43. The zero-order valence-corrected chi connectivity index (χ0v) is 13.7. The first-order chi connectivity index (χ1) is 7.62. The van der Waals surface area contributed by atoms with Gasteiger partial charge in [0, 0.05) is 24.3 Å². The van der Waals surface area contributed by atoms with E-state index < -0.39 is 8.56 Å². The van der Waals surface area contributed by atoms with Crippen LogP contribution >= 0.6 is 0 Å². The molecule has 1 fully saturated rings. The first-order valence-electron chi connectivity index (χ1n) is 6.81. The van der Waals surface area contributed by atoms with Gasteiger partial charge in [0.25, 0.3) is 0 Å². The van der Waals surface area contributed by atoms with E-state index in [1.54, 1.807) is 0 Å². The summed E-state index contributed by atoms with van der Waals surface area (Å²) >= 11 is 0. The third kappa shape index (κ3) is 3.33. The minimum atomic E-state index is -2.10. The van der Waals surface area contributed by atoms with Gasteiger partial charge in [0.1, 0.15) is 0 Å². The monoisotopic (exact) mass is 258 g/mol. The molecule has 1 unspecified atom stereocenters. The molecule has 0 spiro atoms. The molecule has 0 N–H and O–H groups in total. The Hall–Kier alpha value is 0.137. The van der Waals surface area contributed by atoms with E-state index in [4.69, 9.17) is 8.85 Å². The maximum Gasteiger partial charge on any atom is 0.346 e. The molecular weight excluding hydrogens is 228 g/mol. The lowest BCUT2D eigenvalue weighted by molar-refractivity contribution is 0.104. The molecule has 1 atom stereocenters. The van der Waals surface area contributed by atoms with Crippen molar-refractivity contribution in [3.8, 4) is 0 Å². The van der Waals surface area contributed by atoms with Crippen LogP contribution in [0.1, 0.15) is 60.8 Å². The van der Waals surface area contributed by atoms with Gasteiger partial charge in [-0.3, -0.25) is 0 Å². The van der Waals surface area contributed by atoms with Crippen molar-refractivity contribution < 1.29 is 8.85 Å². The van der Waals surface area contributed by atoms with Crippen molar-refractivity contribution in [3.63, 3.8) is 0 Å². The Kier molecular flexibility index (Phi) is 4.49. The smallest absolute Gasteiger partial charge is 0.346 e. The third-order valence-electron chi connectivity index (χ3n) is 3.71. The molecule has 1 aliphatic rings. The lowest BCUT2D eigenvalue weighted by Crippen LogP contribution is -2.56. The van der Waals surface area contributed by atoms with Crippen LogP contribution in [0.4, 0.5) is 0 Å². The summed E-state index contributed by atoms with van der Waals surface area (Å²) in [6.45, 7) is 14.3. The standard InChI is InChI=1S/C14H30O2Si/c1-13(2,3)11-16-17(15-7,14(4,5)6)12-9-8-10-12/h12H,8-11H2,1-7H3. The highest BCUT2D eigenvalue weighted by atomic mass is 28.4. The minimum absolute atomic E-state index is 0.151. The molecule has 0 aliphatic heterocycles. The molecule has 1 rings (SSSR count). The molecule has 0 amide bonds. The number of hydrogen-bond acceptors (Lipinski definition) is 2. The summed E-state index contributed by atoms with van der Waals surface area (Å²) in [4.78, 5) is 0. The van der Waals surface area contributed by atoms with Crippen LogP contribution in [0, 0.1) is 5.41 Å². The Morgan fingerprint density at radius 2 is 1.59 bits per heavy atom. The van der Waals surface area contributed by atoms with Gasteiger partial charge in [-0.2, -0.15) is 0 Å². The van der Waals surface area contributed by atoms with Crippen LogP contribution < -0.4 is 0 Å². The lowest BCUT2D eigenvalue weighted by atomic mass is 9.99. The quantitative estimate of drug-likeness (QED) is 0.692. The van der Waals surface area contributed by atoms with Gasteiger partial charge < -0.3 is 8.85 Å². The first kappa shape index (κ1) is 15.2. The molecule has 0 saturated heterocycles. The van der Waals surface area contributed by atoms with E-state index in [2.05, 4.69) is 41.5 Å². The first-order valence-corrected chi connectivity index (χ1v) is 8.71. The normalized spacial score (nSPS) is 22.1. The summed E-state index contributed by atoms with van der Waals surface area (Å²) < 4.78 is 12.4. The fourth-order valence-corrected chi connectivity index (χ4v) is 7.36. The van der Waals surface area contributed by atoms with Gasteiger partial charge in [-0.1, -0.05) is 48.0 Å². The molecule has 0 heterocycles. The molecule has 1 aliphatic carbocycles. The van der Waals surface area contributed by atoms with Crippen molar-refractivity contribution in [3.05, 3.63) is 0 Å².